The summed E-state index contributed by atoms with van der Waals surface area (Å²) in [6, 6.07) is 3.79. The smallest absolute Gasteiger partial charge is 0.181 e. The second-order valence-electron chi connectivity index (χ2n) is 5.76. The molecule has 21 heavy (non-hydrogen) atoms. The van der Waals surface area contributed by atoms with Gasteiger partial charge in [0.15, 0.2) is 17.2 Å². The SMILES string of the molecule is CCOc1cccn2c(C(=O)CC3CN(C)C3)c(C)nc12. The van der Waals surface area contributed by atoms with E-state index in [4.69, 9.17) is 4.74 Å². The zero-order valence-corrected chi connectivity index (χ0v) is 12.8. The monoisotopic (exact) mass is 287 g/mol. The maximum absolute atomic E-state index is 12.6. The Balaban J connectivity index is 1.92. The third kappa shape index (κ3) is 2.53. The molecule has 1 saturated heterocycles. The fraction of sp³-hybridized carbons (Fsp3) is 0.500. The van der Waals surface area contributed by atoms with Crippen molar-refractivity contribution in [2.45, 2.75) is 20.3 Å². The van der Waals surface area contributed by atoms with E-state index in [1.807, 2.05) is 36.6 Å². The van der Waals surface area contributed by atoms with Crippen molar-refractivity contribution < 1.29 is 9.53 Å². The zero-order valence-electron chi connectivity index (χ0n) is 12.8. The Morgan fingerprint density at radius 2 is 2.24 bits per heavy atom. The molecule has 5 nitrogen and oxygen atoms in total. The molecule has 5 heteroatoms. The second kappa shape index (κ2) is 5.48. The van der Waals surface area contributed by atoms with Gasteiger partial charge in [-0.25, -0.2) is 4.98 Å². The van der Waals surface area contributed by atoms with E-state index in [1.165, 1.54) is 0 Å². The van der Waals surface area contributed by atoms with Crippen molar-refractivity contribution in [3.05, 3.63) is 29.7 Å². The van der Waals surface area contributed by atoms with Gasteiger partial charge >= 0.3 is 0 Å². The van der Waals surface area contributed by atoms with Gasteiger partial charge in [-0.3, -0.25) is 9.20 Å². The van der Waals surface area contributed by atoms with Crippen LogP contribution >= 0.6 is 0 Å². The molecule has 0 aliphatic carbocycles. The lowest BCUT2D eigenvalue weighted by atomic mass is 9.93. The minimum absolute atomic E-state index is 0.173. The number of aromatic nitrogens is 2. The van der Waals surface area contributed by atoms with Crippen LogP contribution in [0, 0.1) is 12.8 Å². The number of Topliss-reactive ketones (excluding diaryl/α,β-unsaturated/α-hetero) is 1. The van der Waals surface area contributed by atoms with Crippen molar-refractivity contribution in [3.63, 3.8) is 0 Å². The van der Waals surface area contributed by atoms with E-state index in [-0.39, 0.29) is 5.78 Å². The van der Waals surface area contributed by atoms with Crippen LogP contribution in [0.5, 0.6) is 5.75 Å². The molecule has 112 valence electrons. The molecule has 1 fully saturated rings. The summed E-state index contributed by atoms with van der Waals surface area (Å²) in [6.07, 6.45) is 2.48. The average molecular weight is 287 g/mol. The molecule has 1 aliphatic rings. The Labute approximate surface area is 124 Å². The largest absolute Gasteiger partial charge is 0.490 e. The Kier molecular flexibility index (Phi) is 3.68. The number of likely N-dealkylation sites (tertiary alicyclic amines) is 1. The fourth-order valence-corrected chi connectivity index (χ4v) is 3.08. The molecule has 0 N–H and O–H groups in total. The Morgan fingerprint density at radius 3 is 2.90 bits per heavy atom. The van der Waals surface area contributed by atoms with E-state index in [1.54, 1.807) is 0 Å². The number of aryl methyl sites for hydroxylation is 1. The number of ether oxygens (including phenoxy) is 1. The normalized spacial score (nSPS) is 16.1. The molecular weight excluding hydrogens is 266 g/mol. The highest BCUT2D eigenvalue weighted by molar-refractivity contribution is 5.97. The minimum atomic E-state index is 0.173. The molecule has 2 aromatic rings. The number of carbonyl (C=O) groups excluding carboxylic acids is 1. The average Bonchev–Trinajstić information content (AvgIpc) is 2.74. The number of ketones is 1. The number of fused-ring (bicyclic) bond motifs is 1. The van der Waals surface area contributed by atoms with Gasteiger partial charge in [-0.15, -0.1) is 0 Å². The summed E-state index contributed by atoms with van der Waals surface area (Å²) < 4.78 is 7.46. The quantitative estimate of drug-likeness (QED) is 0.791. The van der Waals surface area contributed by atoms with Gasteiger partial charge in [-0.2, -0.15) is 0 Å². The van der Waals surface area contributed by atoms with Crippen molar-refractivity contribution in [3.8, 4) is 5.75 Å². The lowest BCUT2D eigenvalue weighted by Gasteiger charge is -2.35. The van der Waals surface area contributed by atoms with E-state index in [2.05, 4.69) is 16.9 Å². The molecule has 0 spiro atoms. The molecule has 0 bridgehead atoms. The molecule has 3 heterocycles. The Hall–Kier alpha value is -1.88. The molecule has 0 atom stereocenters. The molecule has 0 saturated carbocycles. The maximum atomic E-state index is 12.6. The first-order chi connectivity index (χ1) is 10.1. The lowest BCUT2D eigenvalue weighted by molar-refractivity contribution is 0.0829. The standard InChI is InChI=1S/C16H21N3O2/c1-4-21-14-6-5-7-19-15(11(2)17-16(14)19)13(20)8-12-9-18(3)10-12/h5-7,12H,4,8-10H2,1-3H3. The molecule has 3 rings (SSSR count). The Morgan fingerprint density at radius 1 is 1.48 bits per heavy atom. The van der Waals surface area contributed by atoms with E-state index in [0.29, 0.717) is 24.6 Å². The van der Waals surface area contributed by atoms with Crippen LogP contribution in [0.1, 0.15) is 29.5 Å². The van der Waals surface area contributed by atoms with Gasteiger partial charge in [0.05, 0.1) is 12.3 Å². The predicted octanol–water partition coefficient (Wildman–Crippen LogP) is 2.18. The van der Waals surface area contributed by atoms with Crippen LogP contribution in [0.3, 0.4) is 0 Å². The van der Waals surface area contributed by atoms with Crippen LogP contribution in [0.2, 0.25) is 0 Å². The summed E-state index contributed by atoms with van der Waals surface area (Å²) in [5.74, 6) is 1.37. The van der Waals surface area contributed by atoms with Crippen LogP contribution in [-0.2, 0) is 0 Å². The van der Waals surface area contributed by atoms with Crippen LogP contribution < -0.4 is 4.74 Å². The topological polar surface area (TPSA) is 46.8 Å². The zero-order chi connectivity index (χ0) is 15.0. The number of hydrogen-bond acceptors (Lipinski definition) is 4. The molecule has 0 aromatic carbocycles. The fourth-order valence-electron chi connectivity index (χ4n) is 3.08. The van der Waals surface area contributed by atoms with Crippen molar-refractivity contribution in [2.75, 3.05) is 26.7 Å². The first kappa shape index (κ1) is 14.1. The highest BCUT2D eigenvalue weighted by atomic mass is 16.5. The van der Waals surface area contributed by atoms with Gasteiger partial charge in [0, 0.05) is 25.7 Å². The van der Waals surface area contributed by atoms with Crippen LogP contribution in [0.15, 0.2) is 18.3 Å². The summed E-state index contributed by atoms with van der Waals surface area (Å²) >= 11 is 0. The highest BCUT2D eigenvalue weighted by Gasteiger charge is 2.28. The number of imidazole rings is 1. The summed E-state index contributed by atoms with van der Waals surface area (Å²) in [4.78, 5) is 19.4. The van der Waals surface area contributed by atoms with Crippen LogP contribution in [-0.4, -0.2) is 46.8 Å². The van der Waals surface area contributed by atoms with E-state index >= 15 is 0 Å². The van der Waals surface area contributed by atoms with E-state index in [0.717, 1.165) is 30.2 Å². The number of rotatable bonds is 5. The molecule has 0 unspecified atom stereocenters. The van der Waals surface area contributed by atoms with Crippen molar-refractivity contribution in [1.29, 1.82) is 0 Å². The third-order valence-corrected chi connectivity index (χ3v) is 3.97. The summed E-state index contributed by atoms with van der Waals surface area (Å²) in [6.45, 7) is 6.43. The van der Waals surface area contributed by atoms with Crippen molar-refractivity contribution in [1.82, 2.24) is 14.3 Å². The molecular formula is C16H21N3O2. The Bertz CT molecular complexity index is 671. The second-order valence-corrected chi connectivity index (χ2v) is 5.76. The van der Waals surface area contributed by atoms with E-state index in [9.17, 15) is 4.79 Å². The summed E-state index contributed by atoms with van der Waals surface area (Å²) in [5, 5.41) is 0. The third-order valence-electron chi connectivity index (χ3n) is 3.97. The maximum Gasteiger partial charge on any atom is 0.181 e. The van der Waals surface area contributed by atoms with Gasteiger partial charge in [0.25, 0.3) is 0 Å². The first-order valence-electron chi connectivity index (χ1n) is 7.42. The molecule has 1 aliphatic heterocycles. The van der Waals surface area contributed by atoms with Crippen molar-refractivity contribution >= 4 is 11.4 Å². The minimum Gasteiger partial charge on any atom is -0.490 e. The number of pyridine rings is 1. The van der Waals surface area contributed by atoms with Gasteiger partial charge in [-0.1, -0.05) is 0 Å². The molecule has 2 aromatic heterocycles. The molecule has 0 amide bonds. The van der Waals surface area contributed by atoms with Crippen LogP contribution in [0.25, 0.3) is 5.65 Å². The van der Waals surface area contributed by atoms with Gasteiger partial charge in [0.1, 0.15) is 5.69 Å². The lowest BCUT2D eigenvalue weighted by Crippen LogP contribution is -2.44. The van der Waals surface area contributed by atoms with Gasteiger partial charge in [0.2, 0.25) is 0 Å². The van der Waals surface area contributed by atoms with Gasteiger partial charge in [-0.05, 0) is 38.9 Å². The summed E-state index contributed by atoms with van der Waals surface area (Å²) in [7, 11) is 2.08. The van der Waals surface area contributed by atoms with E-state index < -0.39 is 0 Å². The number of hydrogen-bond donors (Lipinski definition) is 0. The summed E-state index contributed by atoms with van der Waals surface area (Å²) in [5.41, 5.74) is 2.20. The van der Waals surface area contributed by atoms with Crippen molar-refractivity contribution in [2.24, 2.45) is 5.92 Å². The molecule has 0 radical (unpaired) electrons. The number of nitrogens with zero attached hydrogens (tertiary/aromatic N) is 3. The number of carbonyl (C=O) groups is 1. The highest BCUT2D eigenvalue weighted by Crippen LogP contribution is 2.25. The first-order valence-corrected chi connectivity index (χ1v) is 7.42. The van der Waals surface area contributed by atoms with Gasteiger partial charge < -0.3 is 9.64 Å². The predicted molar refractivity (Wildman–Crippen MR) is 81.0 cm³/mol. The van der Waals surface area contributed by atoms with Crippen LogP contribution in [0.4, 0.5) is 0 Å².